The Bertz CT molecular complexity index is 1040. The van der Waals surface area contributed by atoms with Crippen molar-refractivity contribution in [1.29, 1.82) is 0 Å². The van der Waals surface area contributed by atoms with E-state index in [0.717, 1.165) is 48.1 Å². The van der Waals surface area contributed by atoms with Gasteiger partial charge in [-0.25, -0.2) is 9.97 Å². The van der Waals surface area contributed by atoms with Crippen molar-refractivity contribution in [2.45, 2.75) is 45.4 Å². The highest BCUT2D eigenvalue weighted by Crippen LogP contribution is 2.27. The molecule has 1 aliphatic rings. The summed E-state index contributed by atoms with van der Waals surface area (Å²) in [6.07, 6.45) is 4.06. The molecule has 0 saturated carbocycles. The molecule has 162 valence electrons. The van der Waals surface area contributed by atoms with E-state index in [0.29, 0.717) is 24.1 Å². The Hall–Kier alpha value is -3.19. The van der Waals surface area contributed by atoms with Gasteiger partial charge in [0.05, 0.1) is 0 Å². The van der Waals surface area contributed by atoms with Gasteiger partial charge in [-0.15, -0.1) is 0 Å². The maximum atomic E-state index is 11.2. The molecule has 1 saturated heterocycles. The molecular formula is C24H29N5O2. The Kier molecular flexibility index (Phi) is 6.32. The van der Waals surface area contributed by atoms with Gasteiger partial charge in [-0.2, -0.15) is 0 Å². The fourth-order valence-corrected chi connectivity index (χ4v) is 3.87. The number of nitrogens with zero attached hydrogens (tertiary/aromatic N) is 3. The molecule has 2 aromatic carbocycles. The molecule has 0 atom stereocenters. The van der Waals surface area contributed by atoms with Crippen LogP contribution in [0.3, 0.4) is 0 Å². The lowest BCUT2D eigenvalue weighted by atomic mass is 10.1. The number of aromatic nitrogens is 2. The van der Waals surface area contributed by atoms with Gasteiger partial charge in [-0.3, -0.25) is 4.79 Å². The molecule has 0 bridgehead atoms. The summed E-state index contributed by atoms with van der Waals surface area (Å²) < 4.78 is 6.36. The Morgan fingerprint density at radius 3 is 2.61 bits per heavy atom. The molecule has 1 aliphatic heterocycles. The molecule has 1 amide bonds. The summed E-state index contributed by atoms with van der Waals surface area (Å²) in [6, 6.07) is 13.7. The highest BCUT2D eigenvalue weighted by molar-refractivity contribution is 5.92. The van der Waals surface area contributed by atoms with Gasteiger partial charge < -0.3 is 20.7 Å². The van der Waals surface area contributed by atoms with Crippen LogP contribution in [0.25, 0.3) is 10.9 Å². The summed E-state index contributed by atoms with van der Waals surface area (Å²) in [5, 5.41) is 4.20. The fraction of sp³-hybridized carbons (Fsp3) is 0.375. The molecule has 7 nitrogen and oxygen atoms in total. The number of anilines is 1. The number of carbonyl (C=O) groups excluding carboxylic acids is 1. The van der Waals surface area contributed by atoms with Crippen LogP contribution in [-0.4, -0.2) is 46.0 Å². The predicted molar refractivity (Wildman–Crippen MR) is 122 cm³/mol. The Balaban J connectivity index is 1.45. The largest absolute Gasteiger partial charge is 0.488 e. The number of piperidine rings is 1. The van der Waals surface area contributed by atoms with Crippen LogP contribution in [0.1, 0.15) is 42.6 Å². The van der Waals surface area contributed by atoms with E-state index in [1.807, 2.05) is 36.5 Å². The summed E-state index contributed by atoms with van der Waals surface area (Å²) in [7, 11) is 0. The van der Waals surface area contributed by atoms with E-state index >= 15 is 0 Å². The van der Waals surface area contributed by atoms with Gasteiger partial charge in [0.1, 0.15) is 17.4 Å². The number of hydrogen-bond acceptors (Lipinski definition) is 6. The second kappa shape index (κ2) is 9.31. The van der Waals surface area contributed by atoms with E-state index in [-0.39, 0.29) is 6.10 Å². The van der Waals surface area contributed by atoms with Crippen LogP contribution >= 0.6 is 0 Å². The van der Waals surface area contributed by atoms with E-state index in [9.17, 15) is 4.79 Å². The lowest BCUT2D eigenvalue weighted by Gasteiger charge is -2.34. The number of hydrogen-bond donors (Lipinski definition) is 2. The molecule has 4 rings (SSSR count). The van der Waals surface area contributed by atoms with E-state index in [4.69, 9.17) is 15.5 Å². The molecule has 0 unspecified atom stereocenters. The summed E-state index contributed by atoms with van der Waals surface area (Å²) in [5.41, 5.74) is 7.61. The molecule has 3 aromatic rings. The monoisotopic (exact) mass is 419 g/mol. The molecule has 1 aromatic heterocycles. The summed E-state index contributed by atoms with van der Waals surface area (Å²) in [5.74, 6) is 0.911. The van der Waals surface area contributed by atoms with Gasteiger partial charge >= 0.3 is 0 Å². The fourth-order valence-electron chi connectivity index (χ4n) is 3.87. The summed E-state index contributed by atoms with van der Waals surface area (Å²) in [4.78, 5) is 22.8. The van der Waals surface area contributed by atoms with Crippen LogP contribution in [0.2, 0.25) is 0 Å². The van der Waals surface area contributed by atoms with Gasteiger partial charge in [0.25, 0.3) is 0 Å². The quantitative estimate of drug-likeness (QED) is 0.608. The van der Waals surface area contributed by atoms with Crippen molar-refractivity contribution in [3.8, 4) is 5.75 Å². The molecular weight excluding hydrogens is 390 g/mol. The number of nitrogens with two attached hydrogens (primary N) is 1. The molecule has 0 radical (unpaired) electrons. The van der Waals surface area contributed by atoms with E-state index < -0.39 is 5.91 Å². The average Bonchev–Trinajstić information content (AvgIpc) is 2.78. The van der Waals surface area contributed by atoms with Crippen molar-refractivity contribution >= 4 is 22.8 Å². The minimum absolute atomic E-state index is 0.204. The van der Waals surface area contributed by atoms with Gasteiger partial charge in [0.2, 0.25) is 11.9 Å². The Morgan fingerprint density at radius 2 is 1.94 bits per heavy atom. The molecule has 3 N–H and O–H groups in total. The Morgan fingerprint density at radius 1 is 1.19 bits per heavy atom. The highest BCUT2D eigenvalue weighted by atomic mass is 16.5. The Labute approximate surface area is 182 Å². The standard InChI is InChI=1S/C24H29N5O2/c1-16(2)29-12-10-20(11-13-29)31-21-5-3-4-19-15-27-24(28-22(19)21)26-14-17-6-8-18(9-7-17)23(25)30/h3-9,15-16,20H,10-14H2,1-2H3,(H2,25,30)(H,26,27,28). The summed E-state index contributed by atoms with van der Waals surface area (Å²) >= 11 is 0. The third-order valence-corrected chi connectivity index (χ3v) is 5.76. The van der Waals surface area contributed by atoms with E-state index in [2.05, 4.69) is 29.0 Å². The normalized spacial score (nSPS) is 15.3. The predicted octanol–water partition coefficient (Wildman–Crippen LogP) is 3.59. The number of rotatable bonds is 7. The molecule has 2 heterocycles. The SMILES string of the molecule is CC(C)N1CCC(Oc2cccc3cnc(NCc4ccc(C(N)=O)cc4)nc23)CC1. The van der Waals surface area contributed by atoms with Crippen molar-refractivity contribution in [2.24, 2.45) is 5.73 Å². The number of ether oxygens (including phenoxy) is 1. The third kappa shape index (κ3) is 5.11. The molecule has 0 spiro atoms. The zero-order chi connectivity index (χ0) is 21.8. The van der Waals surface area contributed by atoms with Crippen LogP contribution in [-0.2, 0) is 6.54 Å². The molecule has 31 heavy (non-hydrogen) atoms. The number of para-hydroxylation sites is 1. The smallest absolute Gasteiger partial charge is 0.248 e. The average molecular weight is 420 g/mol. The van der Waals surface area contributed by atoms with Crippen LogP contribution in [0, 0.1) is 0 Å². The second-order valence-electron chi connectivity index (χ2n) is 8.25. The van der Waals surface area contributed by atoms with Crippen molar-refractivity contribution < 1.29 is 9.53 Å². The zero-order valence-corrected chi connectivity index (χ0v) is 18.0. The number of benzene rings is 2. The number of primary amides is 1. The molecule has 7 heteroatoms. The topological polar surface area (TPSA) is 93.4 Å². The van der Waals surface area contributed by atoms with Crippen molar-refractivity contribution in [3.63, 3.8) is 0 Å². The van der Waals surface area contributed by atoms with E-state index in [1.165, 1.54) is 0 Å². The van der Waals surface area contributed by atoms with Crippen LogP contribution < -0.4 is 15.8 Å². The van der Waals surface area contributed by atoms with Gasteiger partial charge in [-0.1, -0.05) is 24.3 Å². The number of fused-ring (bicyclic) bond motifs is 1. The van der Waals surface area contributed by atoms with Gasteiger partial charge in [0.15, 0.2) is 0 Å². The van der Waals surface area contributed by atoms with Crippen LogP contribution in [0.5, 0.6) is 5.75 Å². The number of likely N-dealkylation sites (tertiary alicyclic amines) is 1. The van der Waals surface area contributed by atoms with Gasteiger partial charge in [-0.05, 0) is 50.5 Å². The zero-order valence-electron chi connectivity index (χ0n) is 18.0. The molecule has 1 fully saturated rings. The minimum Gasteiger partial charge on any atom is -0.488 e. The third-order valence-electron chi connectivity index (χ3n) is 5.76. The van der Waals surface area contributed by atoms with Crippen molar-refractivity contribution in [3.05, 3.63) is 59.8 Å². The first-order chi connectivity index (χ1) is 15.0. The first-order valence-electron chi connectivity index (χ1n) is 10.8. The number of carbonyl (C=O) groups is 1. The number of amides is 1. The minimum atomic E-state index is -0.431. The summed E-state index contributed by atoms with van der Waals surface area (Å²) in [6.45, 7) is 7.14. The lowest BCUT2D eigenvalue weighted by molar-refractivity contribution is 0.0852. The second-order valence-corrected chi connectivity index (χ2v) is 8.25. The van der Waals surface area contributed by atoms with Crippen molar-refractivity contribution in [2.75, 3.05) is 18.4 Å². The first-order valence-corrected chi connectivity index (χ1v) is 10.8. The van der Waals surface area contributed by atoms with Crippen LogP contribution in [0.4, 0.5) is 5.95 Å². The van der Waals surface area contributed by atoms with Crippen molar-refractivity contribution in [1.82, 2.24) is 14.9 Å². The maximum Gasteiger partial charge on any atom is 0.248 e. The molecule has 0 aliphatic carbocycles. The number of nitrogens with one attached hydrogen (secondary N) is 1. The maximum absolute atomic E-state index is 11.2. The highest BCUT2D eigenvalue weighted by Gasteiger charge is 2.22. The first kappa shape index (κ1) is 21.1. The van der Waals surface area contributed by atoms with Crippen LogP contribution in [0.15, 0.2) is 48.7 Å². The lowest BCUT2D eigenvalue weighted by Crippen LogP contribution is -2.41. The van der Waals surface area contributed by atoms with Gasteiger partial charge in [0, 0.05) is 42.8 Å². The van der Waals surface area contributed by atoms with E-state index in [1.54, 1.807) is 12.1 Å².